The van der Waals surface area contributed by atoms with E-state index in [1.807, 2.05) is 51.1 Å². The SMILES string of the molecule is CC/C(=C\C(=O)O)c1ccc(C(=O)NCC(C)(C)C)cc1C(=O)OCc1ccccc1. The van der Waals surface area contributed by atoms with E-state index in [1.54, 1.807) is 19.1 Å². The Kier molecular flexibility index (Phi) is 8.14. The maximum absolute atomic E-state index is 12.9. The molecular formula is C25H29NO5. The molecule has 2 N–H and O–H groups in total. The summed E-state index contributed by atoms with van der Waals surface area (Å²) in [6.07, 6.45) is 1.48. The standard InChI is InChI=1S/C25H29NO5/c1-5-18(14-22(27)28)20-12-11-19(23(29)26-16-25(2,3)4)13-21(20)24(30)31-15-17-9-7-6-8-10-17/h6-14H,5,15-16H2,1-4H3,(H,26,29)(H,27,28)/b18-14+. The second kappa shape index (κ2) is 10.6. The molecule has 2 aromatic rings. The van der Waals surface area contributed by atoms with Gasteiger partial charge in [0.2, 0.25) is 0 Å². The van der Waals surface area contributed by atoms with Gasteiger partial charge in [-0.1, -0.05) is 64.1 Å². The van der Waals surface area contributed by atoms with Gasteiger partial charge >= 0.3 is 11.9 Å². The molecule has 0 spiro atoms. The van der Waals surface area contributed by atoms with Gasteiger partial charge in [0.1, 0.15) is 6.61 Å². The molecule has 0 saturated heterocycles. The molecule has 0 aliphatic carbocycles. The third kappa shape index (κ3) is 7.41. The predicted octanol–water partition coefficient (Wildman–Crippen LogP) is 4.70. The van der Waals surface area contributed by atoms with Crippen molar-refractivity contribution in [2.45, 2.75) is 40.7 Å². The van der Waals surface area contributed by atoms with Crippen LogP contribution in [-0.2, 0) is 16.1 Å². The average Bonchev–Trinajstić information content (AvgIpc) is 2.73. The average molecular weight is 424 g/mol. The third-order valence-electron chi connectivity index (χ3n) is 4.52. The normalized spacial score (nSPS) is 11.7. The number of carbonyl (C=O) groups is 3. The summed E-state index contributed by atoms with van der Waals surface area (Å²) < 4.78 is 5.46. The maximum Gasteiger partial charge on any atom is 0.339 e. The molecule has 0 bridgehead atoms. The van der Waals surface area contributed by atoms with Crippen LogP contribution in [0.25, 0.3) is 5.57 Å². The minimum atomic E-state index is -1.10. The summed E-state index contributed by atoms with van der Waals surface area (Å²) in [7, 11) is 0. The van der Waals surface area contributed by atoms with Gasteiger partial charge < -0.3 is 15.2 Å². The second-order valence-corrected chi connectivity index (χ2v) is 8.43. The Labute approximate surface area is 182 Å². The zero-order valence-corrected chi connectivity index (χ0v) is 18.4. The summed E-state index contributed by atoms with van der Waals surface area (Å²) in [4.78, 5) is 36.7. The highest BCUT2D eigenvalue weighted by molar-refractivity contribution is 6.02. The van der Waals surface area contributed by atoms with Crippen LogP contribution in [0.4, 0.5) is 0 Å². The van der Waals surface area contributed by atoms with Crippen LogP contribution in [0.2, 0.25) is 0 Å². The molecule has 0 fully saturated rings. The molecule has 6 heteroatoms. The topological polar surface area (TPSA) is 92.7 Å². The highest BCUT2D eigenvalue weighted by Gasteiger charge is 2.20. The Morgan fingerprint density at radius 1 is 1.03 bits per heavy atom. The number of carboxylic acid groups (broad SMARTS) is 1. The molecule has 0 saturated carbocycles. The number of carbonyl (C=O) groups excluding carboxylic acids is 2. The largest absolute Gasteiger partial charge is 0.478 e. The van der Waals surface area contributed by atoms with Crippen LogP contribution in [0.3, 0.4) is 0 Å². The number of hydrogen-bond acceptors (Lipinski definition) is 4. The number of aliphatic carboxylic acids is 1. The van der Waals surface area contributed by atoms with Gasteiger partial charge in [-0.05, 0) is 40.7 Å². The van der Waals surface area contributed by atoms with Gasteiger partial charge in [-0.25, -0.2) is 9.59 Å². The van der Waals surface area contributed by atoms with Crippen LogP contribution in [0.5, 0.6) is 0 Å². The fraction of sp³-hybridized carbons (Fsp3) is 0.320. The number of ether oxygens (including phenoxy) is 1. The Morgan fingerprint density at radius 3 is 2.29 bits per heavy atom. The minimum absolute atomic E-state index is 0.0731. The van der Waals surface area contributed by atoms with E-state index in [1.165, 1.54) is 6.07 Å². The molecule has 0 atom stereocenters. The van der Waals surface area contributed by atoms with E-state index < -0.39 is 11.9 Å². The van der Waals surface area contributed by atoms with Crippen molar-refractivity contribution in [3.63, 3.8) is 0 Å². The summed E-state index contributed by atoms with van der Waals surface area (Å²) in [6, 6.07) is 13.9. The van der Waals surface area contributed by atoms with Crippen molar-refractivity contribution in [1.82, 2.24) is 5.32 Å². The van der Waals surface area contributed by atoms with E-state index in [4.69, 9.17) is 4.74 Å². The van der Waals surface area contributed by atoms with Gasteiger partial charge in [-0.2, -0.15) is 0 Å². The molecule has 31 heavy (non-hydrogen) atoms. The maximum atomic E-state index is 12.9. The lowest BCUT2D eigenvalue weighted by molar-refractivity contribution is -0.131. The molecule has 164 valence electrons. The van der Waals surface area contributed by atoms with E-state index in [9.17, 15) is 19.5 Å². The van der Waals surface area contributed by atoms with Gasteiger partial charge in [0.05, 0.1) is 5.56 Å². The van der Waals surface area contributed by atoms with Crippen molar-refractivity contribution in [3.8, 4) is 0 Å². The lowest BCUT2D eigenvalue weighted by atomic mass is 9.94. The van der Waals surface area contributed by atoms with Gasteiger partial charge in [-0.15, -0.1) is 0 Å². The fourth-order valence-electron chi connectivity index (χ4n) is 2.90. The zero-order chi connectivity index (χ0) is 23.0. The quantitative estimate of drug-likeness (QED) is 0.474. The lowest BCUT2D eigenvalue weighted by Gasteiger charge is -2.19. The Bertz CT molecular complexity index is 971. The van der Waals surface area contributed by atoms with Crippen LogP contribution < -0.4 is 5.32 Å². The second-order valence-electron chi connectivity index (χ2n) is 8.43. The van der Waals surface area contributed by atoms with Crippen LogP contribution in [0, 0.1) is 5.41 Å². The first-order valence-corrected chi connectivity index (χ1v) is 10.2. The van der Waals surface area contributed by atoms with Crippen molar-refractivity contribution in [2.24, 2.45) is 5.41 Å². The van der Waals surface area contributed by atoms with Crippen molar-refractivity contribution < 1.29 is 24.2 Å². The molecule has 0 aliphatic rings. The fourth-order valence-corrected chi connectivity index (χ4v) is 2.90. The number of rotatable bonds is 8. The summed E-state index contributed by atoms with van der Waals surface area (Å²) in [5.41, 5.74) is 2.12. The van der Waals surface area contributed by atoms with Crippen LogP contribution in [0.15, 0.2) is 54.6 Å². The molecule has 2 rings (SSSR count). The molecule has 0 radical (unpaired) electrons. The summed E-state index contributed by atoms with van der Waals surface area (Å²) in [5, 5.41) is 12.0. The van der Waals surface area contributed by atoms with Crippen LogP contribution in [-0.4, -0.2) is 29.5 Å². The molecule has 2 aromatic carbocycles. The lowest BCUT2D eigenvalue weighted by Crippen LogP contribution is -2.32. The van der Waals surface area contributed by atoms with Gasteiger partial charge in [-0.3, -0.25) is 4.79 Å². The summed E-state index contributed by atoms with van der Waals surface area (Å²) in [6.45, 7) is 8.37. The smallest absolute Gasteiger partial charge is 0.339 e. The molecular weight excluding hydrogens is 394 g/mol. The van der Waals surface area contributed by atoms with E-state index in [2.05, 4.69) is 5.32 Å². The Morgan fingerprint density at radius 2 is 1.71 bits per heavy atom. The number of esters is 1. The van der Waals surface area contributed by atoms with Crippen molar-refractivity contribution in [2.75, 3.05) is 6.54 Å². The van der Waals surface area contributed by atoms with Crippen molar-refractivity contribution >= 4 is 23.4 Å². The molecule has 0 aliphatic heterocycles. The molecule has 1 amide bonds. The van der Waals surface area contributed by atoms with E-state index in [0.29, 0.717) is 29.7 Å². The van der Waals surface area contributed by atoms with E-state index >= 15 is 0 Å². The molecule has 0 unspecified atom stereocenters. The number of amides is 1. The zero-order valence-electron chi connectivity index (χ0n) is 18.4. The van der Waals surface area contributed by atoms with Gasteiger partial charge in [0.25, 0.3) is 5.91 Å². The highest BCUT2D eigenvalue weighted by atomic mass is 16.5. The number of nitrogens with one attached hydrogen (secondary N) is 1. The molecule has 0 aromatic heterocycles. The minimum Gasteiger partial charge on any atom is -0.478 e. The molecule has 0 heterocycles. The number of benzene rings is 2. The first-order chi connectivity index (χ1) is 14.6. The van der Waals surface area contributed by atoms with Crippen LogP contribution >= 0.6 is 0 Å². The summed E-state index contributed by atoms with van der Waals surface area (Å²) in [5.74, 6) is -2.03. The first kappa shape index (κ1) is 23.9. The number of carboxylic acids is 1. The number of hydrogen-bond donors (Lipinski definition) is 2. The Hall–Kier alpha value is -3.41. The van der Waals surface area contributed by atoms with Crippen LogP contribution in [0.1, 0.15) is 66.0 Å². The van der Waals surface area contributed by atoms with Crippen molar-refractivity contribution in [1.29, 1.82) is 0 Å². The third-order valence-corrected chi connectivity index (χ3v) is 4.52. The monoisotopic (exact) mass is 423 g/mol. The van der Waals surface area contributed by atoms with Crippen molar-refractivity contribution in [3.05, 3.63) is 76.9 Å². The highest BCUT2D eigenvalue weighted by Crippen LogP contribution is 2.25. The van der Waals surface area contributed by atoms with Gasteiger partial charge in [0.15, 0.2) is 0 Å². The Balaban J connectivity index is 2.37. The van der Waals surface area contributed by atoms with Gasteiger partial charge in [0, 0.05) is 18.2 Å². The predicted molar refractivity (Wildman–Crippen MR) is 120 cm³/mol. The first-order valence-electron chi connectivity index (χ1n) is 10.2. The number of allylic oxidation sites excluding steroid dienone is 1. The molecule has 6 nitrogen and oxygen atoms in total. The summed E-state index contributed by atoms with van der Waals surface area (Å²) >= 11 is 0. The van der Waals surface area contributed by atoms with E-state index in [0.717, 1.165) is 11.6 Å². The van der Waals surface area contributed by atoms with E-state index in [-0.39, 0.29) is 23.5 Å².